The largest absolute Gasteiger partial charge is 0.508 e. The lowest BCUT2D eigenvalue weighted by molar-refractivity contribution is 0.431. The Hall–Kier alpha value is -2.25. The summed E-state index contributed by atoms with van der Waals surface area (Å²) in [6.45, 7) is 10.5. The Labute approximate surface area is 158 Å². The van der Waals surface area contributed by atoms with Gasteiger partial charge in [-0.15, -0.1) is 24.8 Å². The zero-order valence-electron chi connectivity index (χ0n) is 15.3. The van der Waals surface area contributed by atoms with E-state index in [0.717, 1.165) is 18.4 Å². The number of hydrogen-bond acceptors (Lipinski definition) is 1. The molecule has 0 unspecified atom stereocenters. The first-order chi connectivity index (χ1) is 12.1. The van der Waals surface area contributed by atoms with Crippen molar-refractivity contribution in [3.05, 3.63) is 103 Å². The third-order valence-electron chi connectivity index (χ3n) is 2.98. The van der Waals surface area contributed by atoms with Gasteiger partial charge in [-0.05, 0) is 55.6 Å². The van der Waals surface area contributed by atoms with Crippen LogP contribution in [0.15, 0.2) is 97.4 Å². The smallest absolute Gasteiger partial charge is 0.111 e. The minimum absolute atomic E-state index is 0.318. The Morgan fingerprint density at radius 1 is 1.08 bits per heavy atom. The molecule has 25 heavy (non-hydrogen) atoms. The van der Waals surface area contributed by atoms with Crippen molar-refractivity contribution >= 4 is 17.2 Å². The van der Waals surface area contributed by atoms with E-state index in [1.807, 2.05) is 38.1 Å². The second-order valence-corrected chi connectivity index (χ2v) is 5.57. The summed E-state index contributed by atoms with van der Waals surface area (Å²) in [7, 11) is 0. The predicted molar refractivity (Wildman–Crippen MR) is 114 cm³/mol. The van der Waals surface area contributed by atoms with Crippen LogP contribution in [0, 0.1) is 0 Å². The number of rotatable bonds is 4. The highest BCUT2D eigenvalue weighted by Crippen LogP contribution is 2.22. The summed E-state index contributed by atoms with van der Waals surface area (Å²) in [6.07, 6.45) is 14.7. The third kappa shape index (κ3) is 11.0. The van der Waals surface area contributed by atoms with Crippen molar-refractivity contribution in [3.63, 3.8) is 0 Å². The molecule has 0 saturated heterocycles. The van der Waals surface area contributed by atoms with Gasteiger partial charge in [0.05, 0.1) is 0 Å². The Bertz CT molecular complexity index is 613. The molecular formula is C23H29ClO. The Morgan fingerprint density at radius 2 is 1.68 bits per heavy atom. The van der Waals surface area contributed by atoms with Gasteiger partial charge in [0.2, 0.25) is 0 Å². The van der Waals surface area contributed by atoms with Crippen LogP contribution in [0.4, 0.5) is 0 Å². The Balaban J connectivity index is 0.000000844. The molecule has 1 aliphatic rings. The second-order valence-electron chi connectivity index (χ2n) is 5.19. The molecule has 2 heteroatoms. The van der Waals surface area contributed by atoms with Gasteiger partial charge in [-0.2, -0.15) is 0 Å². The van der Waals surface area contributed by atoms with Gasteiger partial charge in [0.25, 0.3) is 0 Å². The van der Waals surface area contributed by atoms with Crippen molar-refractivity contribution in [3.8, 4) is 0 Å². The van der Waals surface area contributed by atoms with E-state index in [9.17, 15) is 5.11 Å². The lowest BCUT2D eigenvalue weighted by Gasteiger charge is -2.06. The van der Waals surface area contributed by atoms with E-state index in [1.165, 1.54) is 11.1 Å². The molecule has 0 aromatic heterocycles. The van der Waals surface area contributed by atoms with Gasteiger partial charge >= 0.3 is 0 Å². The molecule has 0 spiro atoms. The van der Waals surface area contributed by atoms with Gasteiger partial charge < -0.3 is 5.11 Å². The van der Waals surface area contributed by atoms with Crippen molar-refractivity contribution in [1.29, 1.82) is 0 Å². The minimum atomic E-state index is 0.318. The number of aliphatic hydroxyl groups is 1. The van der Waals surface area contributed by atoms with E-state index in [2.05, 4.69) is 37.4 Å². The maximum absolute atomic E-state index is 9.46. The van der Waals surface area contributed by atoms with Gasteiger partial charge in [0.15, 0.2) is 0 Å². The molecule has 0 bridgehead atoms. The molecule has 1 aromatic carbocycles. The fourth-order valence-electron chi connectivity index (χ4n) is 2.00. The number of aliphatic hydroxyl groups excluding tert-OH is 1. The molecule has 0 fully saturated rings. The van der Waals surface area contributed by atoms with Crippen LogP contribution in [-0.4, -0.2) is 11.0 Å². The van der Waals surface area contributed by atoms with Gasteiger partial charge in [0, 0.05) is 5.88 Å². The van der Waals surface area contributed by atoms with Crippen molar-refractivity contribution in [1.82, 2.24) is 0 Å². The predicted octanol–water partition coefficient (Wildman–Crippen LogP) is 7.41. The van der Waals surface area contributed by atoms with E-state index in [4.69, 9.17) is 11.6 Å². The molecule has 0 atom stereocenters. The first-order valence-corrected chi connectivity index (χ1v) is 8.89. The van der Waals surface area contributed by atoms with Crippen LogP contribution in [0.25, 0.3) is 5.57 Å². The first kappa shape index (κ1) is 22.8. The van der Waals surface area contributed by atoms with Crippen LogP contribution in [-0.2, 0) is 0 Å². The molecule has 1 aliphatic carbocycles. The number of allylic oxidation sites excluding steroid dienone is 9. The summed E-state index contributed by atoms with van der Waals surface area (Å²) >= 11 is 5.89. The van der Waals surface area contributed by atoms with Gasteiger partial charge in [-0.25, -0.2) is 0 Å². The van der Waals surface area contributed by atoms with E-state index < -0.39 is 0 Å². The SMILES string of the molecule is C=CC.C=CC.OC1=CCC=C(/C=C(/CCCl)c2ccccc2)C=C1. The molecule has 1 aromatic rings. The van der Waals surface area contributed by atoms with E-state index in [0.29, 0.717) is 11.6 Å². The third-order valence-corrected chi connectivity index (χ3v) is 3.17. The topological polar surface area (TPSA) is 20.2 Å². The summed E-state index contributed by atoms with van der Waals surface area (Å²) in [5, 5.41) is 9.46. The number of alkyl halides is 1. The summed E-state index contributed by atoms with van der Waals surface area (Å²) in [5.74, 6) is 0.916. The standard InChI is InChI=1S/C17H17ClO.2C3H6/c18-12-11-16(15-6-2-1-3-7-15)13-14-5-4-8-17(19)10-9-14;2*1-3-2/h1-3,5-10,13,19H,4,11-12H2;2*3H,1H2,2H3/b16-13-;;. The molecule has 0 amide bonds. The van der Waals surface area contributed by atoms with Crippen LogP contribution in [0.5, 0.6) is 0 Å². The van der Waals surface area contributed by atoms with Gasteiger partial charge in [-0.3, -0.25) is 0 Å². The fraction of sp³-hybridized carbons (Fsp3) is 0.217. The van der Waals surface area contributed by atoms with E-state index in [-0.39, 0.29) is 0 Å². The second kappa shape index (κ2) is 15.3. The highest BCUT2D eigenvalue weighted by atomic mass is 35.5. The molecule has 0 saturated carbocycles. The van der Waals surface area contributed by atoms with E-state index in [1.54, 1.807) is 24.3 Å². The van der Waals surface area contributed by atoms with Crippen molar-refractivity contribution < 1.29 is 5.11 Å². The average molecular weight is 357 g/mol. The molecule has 0 radical (unpaired) electrons. The summed E-state index contributed by atoms with van der Waals surface area (Å²) in [5.41, 5.74) is 3.51. The monoisotopic (exact) mass is 356 g/mol. The van der Waals surface area contributed by atoms with Crippen molar-refractivity contribution in [2.45, 2.75) is 26.7 Å². The fourth-order valence-corrected chi connectivity index (χ4v) is 2.20. The lowest BCUT2D eigenvalue weighted by Crippen LogP contribution is -1.87. The van der Waals surface area contributed by atoms with Gasteiger partial charge in [0.1, 0.15) is 5.76 Å². The minimum Gasteiger partial charge on any atom is -0.508 e. The number of benzene rings is 1. The quantitative estimate of drug-likeness (QED) is 0.439. The van der Waals surface area contributed by atoms with Crippen LogP contribution in [0.2, 0.25) is 0 Å². The lowest BCUT2D eigenvalue weighted by atomic mass is 10.0. The zero-order chi connectivity index (χ0) is 18.9. The van der Waals surface area contributed by atoms with Crippen LogP contribution in [0.1, 0.15) is 32.3 Å². The summed E-state index contributed by atoms with van der Waals surface area (Å²) in [4.78, 5) is 0. The Morgan fingerprint density at radius 3 is 2.24 bits per heavy atom. The molecule has 0 heterocycles. The summed E-state index contributed by atoms with van der Waals surface area (Å²) < 4.78 is 0. The molecular weight excluding hydrogens is 328 g/mol. The normalized spacial score (nSPS) is 13.0. The Kier molecular flexibility index (Phi) is 13.9. The molecule has 1 N–H and O–H groups in total. The maximum Gasteiger partial charge on any atom is 0.111 e. The van der Waals surface area contributed by atoms with Gasteiger partial charge in [-0.1, -0.05) is 60.7 Å². The number of hydrogen-bond donors (Lipinski definition) is 1. The molecule has 0 aliphatic heterocycles. The molecule has 1 nitrogen and oxygen atoms in total. The zero-order valence-corrected chi connectivity index (χ0v) is 16.0. The van der Waals surface area contributed by atoms with E-state index >= 15 is 0 Å². The van der Waals surface area contributed by atoms with Crippen LogP contribution in [0.3, 0.4) is 0 Å². The summed E-state index contributed by atoms with van der Waals surface area (Å²) in [6, 6.07) is 10.3. The maximum atomic E-state index is 9.46. The van der Waals surface area contributed by atoms with Crippen LogP contribution < -0.4 is 0 Å². The van der Waals surface area contributed by atoms with Crippen molar-refractivity contribution in [2.75, 3.05) is 5.88 Å². The van der Waals surface area contributed by atoms with Crippen molar-refractivity contribution in [2.24, 2.45) is 0 Å². The van der Waals surface area contributed by atoms with Crippen LogP contribution >= 0.6 is 11.6 Å². The highest BCUT2D eigenvalue weighted by molar-refractivity contribution is 6.18. The average Bonchev–Trinajstić information content (AvgIpc) is 2.81. The highest BCUT2D eigenvalue weighted by Gasteiger charge is 2.02. The molecule has 134 valence electrons. The number of halogens is 1. The first-order valence-electron chi connectivity index (χ1n) is 8.36. The molecule has 2 rings (SSSR count).